The number of benzene rings is 1. The maximum absolute atomic E-state index is 12.9. The topological polar surface area (TPSA) is 35.1 Å². The third kappa shape index (κ3) is 4.14. The zero-order valence-corrected chi connectivity index (χ0v) is 13.1. The van der Waals surface area contributed by atoms with E-state index in [1.807, 2.05) is 20.8 Å². The molecule has 2 nitrogen and oxygen atoms in total. The highest BCUT2D eigenvalue weighted by molar-refractivity contribution is 7.90. The van der Waals surface area contributed by atoms with E-state index in [9.17, 15) is 17.7 Å². The lowest BCUT2D eigenvalue weighted by atomic mass is 9.98. The molecule has 1 unspecified atom stereocenters. The lowest BCUT2D eigenvalue weighted by molar-refractivity contribution is -0.138. The van der Waals surface area contributed by atoms with E-state index in [1.54, 1.807) is 13.0 Å². The van der Waals surface area contributed by atoms with Crippen LogP contribution < -0.4 is 4.72 Å². The first-order valence-electron chi connectivity index (χ1n) is 6.29. The zero-order valence-electron chi connectivity index (χ0n) is 12.3. The van der Waals surface area contributed by atoms with Crippen LogP contribution >= 0.6 is 0 Å². The highest BCUT2D eigenvalue weighted by Crippen LogP contribution is 2.34. The quantitative estimate of drug-likeness (QED) is 0.852. The minimum atomic E-state index is -4.37. The molecule has 0 saturated carbocycles. The summed E-state index contributed by atoms with van der Waals surface area (Å²) in [6, 6.07) is 3.65. The third-order valence-corrected chi connectivity index (χ3v) is 4.67. The van der Waals surface area contributed by atoms with Crippen LogP contribution in [-0.2, 0) is 17.5 Å². The summed E-state index contributed by atoms with van der Waals surface area (Å²) in [6.45, 7) is 8.58. The van der Waals surface area contributed by atoms with Crippen LogP contribution in [0.2, 0.25) is 0 Å². The van der Waals surface area contributed by atoms with Gasteiger partial charge >= 0.3 is 6.18 Å². The molecule has 0 aliphatic rings. The Labute approximate surface area is 121 Å². The van der Waals surface area contributed by atoms with E-state index in [0.29, 0.717) is 5.56 Å². The molecule has 20 heavy (non-hydrogen) atoms. The number of alkyl halides is 3. The molecule has 0 heterocycles. The summed E-state index contributed by atoms with van der Waals surface area (Å²) in [5.74, 6) is 0. The fraction of sp³-hybridized carbons (Fsp3) is 0.571. The smallest absolute Gasteiger partial charge is 0.416 e. The third-order valence-electron chi connectivity index (χ3n) is 2.99. The molecule has 1 aromatic rings. The zero-order chi connectivity index (χ0) is 15.7. The molecule has 0 aliphatic heterocycles. The van der Waals surface area contributed by atoms with Crippen LogP contribution in [0.4, 0.5) is 13.2 Å². The van der Waals surface area contributed by atoms with Gasteiger partial charge in [-0.2, -0.15) is 13.2 Å². The number of rotatable bonds is 3. The summed E-state index contributed by atoms with van der Waals surface area (Å²) in [7, 11) is 0. The molecule has 0 aromatic heterocycles. The second-order valence-corrected chi connectivity index (χ2v) is 7.74. The Morgan fingerprint density at radius 1 is 1.20 bits per heavy atom. The van der Waals surface area contributed by atoms with E-state index < -0.39 is 33.9 Å². The van der Waals surface area contributed by atoms with Gasteiger partial charge in [-0.1, -0.05) is 12.1 Å². The van der Waals surface area contributed by atoms with E-state index in [-0.39, 0.29) is 5.56 Å². The van der Waals surface area contributed by atoms with Crippen LogP contribution in [0.15, 0.2) is 18.2 Å². The van der Waals surface area contributed by atoms with Crippen molar-refractivity contribution in [3.63, 3.8) is 0 Å². The average Bonchev–Trinajstić information content (AvgIpc) is 2.26. The molecule has 0 fully saturated rings. The number of halogens is 3. The van der Waals surface area contributed by atoms with Crippen LogP contribution in [-0.4, -0.2) is 9.30 Å². The van der Waals surface area contributed by atoms with Gasteiger partial charge in [0.2, 0.25) is 0 Å². The van der Waals surface area contributed by atoms with Crippen LogP contribution in [0.25, 0.3) is 0 Å². The molecule has 6 heteroatoms. The van der Waals surface area contributed by atoms with Crippen molar-refractivity contribution in [3.05, 3.63) is 34.9 Å². The first-order chi connectivity index (χ1) is 8.94. The molecule has 1 aromatic carbocycles. The van der Waals surface area contributed by atoms with Gasteiger partial charge in [0.25, 0.3) is 0 Å². The Balaban J connectivity index is 3.03. The highest BCUT2D eigenvalue weighted by atomic mass is 32.2. The monoisotopic (exact) mass is 307 g/mol. The highest BCUT2D eigenvalue weighted by Gasteiger charge is 2.34. The van der Waals surface area contributed by atoms with Gasteiger partial charge < -0.3 is 4.55 Å². The Hall–Kier alpha value is -0.720. The van der Waals surface area contributed by atoms with Gasteiger partial charge in [0, 0.05) is 11.4 Å². The standard InChI is InChI=1S/C14H20F3NOS/c1-9-11(7-6-8-12(9)14(15,16)17)10(2)18-20(19)13(3,4)5/h6-8,10,18H,1-5H3/t10-,20?/m1/s1. The predicted molar refractivity (Wildman–Crippen MR) is 75.6 cm³/mol. The lowest BCUT2D eigenvalue weighted by Crippen LogP contribution is -2.40. The van der Waals surface area contributed by atoms with E-state index in [0.717, 1.165) is 6.07 Å². The summed E-state index contributed by atoms with van der Waals surface area (Å²) in [5.41, 5.74) is 0.0357. The van der Waals surface area contributed by atoms with Gasteiger partial charge in [-0.05, 0) is 51.8 Å². The number of hydrogen-bond donors (Lipinski definition) is 1. The van der Waals surface area contributed by atoms with Crippen LogP contribution in [0.1, 0.15) is 50.4 Å². The summed E-state index contributed by atoms with van der Waals surface area (Å²) < 4.78 is 53.0. The molecule has 1 N–H and O–H groups in total. The molecule has 0 saturated heterocycles. The Morgan fingerprint density at radius 3 is 2.20 bits per heavy atom. The van der Waals surface area contributed by atoms with E-state index in [2.05, 4.69) is 4.72 Å². The summed E-state index contributed by atoms with van der Waals surface area (Å²) >= 11 is -1.34. The first-order valence-corrected chi connectivity index (χ1v) is 7.44. The Morgan fingerprint density at radius 2 is 1.75 bits per heavy atom. The Kier molecular flexibility index (Phi) is 5.16. The lowest BCUT2D eigenvalue weighted by Gasteiger charge is -2.27. The van der Waals surface area contributed by atoms with Gasteiger partial charge in [0.15, 0.2) is 0 Å². The summed E-state index contributed by atoms with van der Waals surface area (Å²) in [6.07, 6.45) is -4.37. The second kappa shape index (κ2) is 5.95. The van der Waals surface area contributed by atoms with Crippen LogP contribution in [0.3, 0.4) is 0 Å². The average molecular weight is 307 g/mol. The first kappa shape index (κ1) is 17.3. The number of hydrogen-bond acceptors (Lipinski definition) is 2. The molecule has 2 atom stereocenters. The van der Waals surface area contributed by atoms with Crippen molar-refractivity contribution in [2.75, 3.05) is 0 Å². The molecule has 0 aliphatic carbocycles. The van der Waals surface area contributed by atoms with Crippen molar-refractivity contribution >= 4 is 11.4 Å². The van der Waals surface area contributed by atoms with Crippen molar-refractivity contribution in [3.8, 4) is 0 Å². The minimum absolute atomic E-state index is 0.172. The SMILES string of the molecule is Cc1c([C@@H](C)N[S+]([O-])C(C)(C)C)cccc1C(F)(F)F. The van der Waals surface area contributed by atoms with Crippen molar-refractivity contribution in [1.29, 1.82) is 0 Å². The fourth-order valence-electron chi connectivity index (χ4n) is 1.83. The van der Waals surface area contributed by atoms with Crippen LogP contribution in [0.5, 0.6) is 0 Å². The Bertz CT molecular complexity index is 468. The van der Waals surface area contributed by atoms with Crippen molar-refractivity contribution in [2.24, 2.45) is 0 Å². The van der Waals surface area contributed by atoms with E-state index in [4.69, 9.17) is 0 Å². The van der Waals surface area contributed by atoms with E-state index in [1.165, 1.54) is 13.0 Å². The molecule has 0 spiro atoms. The summed E-state index contributed by atoms with van der Waals surface area (Å²) in [5, 5.41) is 0. The molecule has 0 bridgehead atoms. The number of nitrogens with one attached hydrogen (secondary N) is 1. The van der Waals surface area contributed by atoms with Gasteiger partial charge in [-0.15, -0.1) is 4.72 Å². The van der Waals surface area contributed by atoms with Gasteiger partial charge in [-0.3, -0.25) is 0 Å². The molecule has 1 rings (SSSR count). The van der Waals surface area contributed by atoms with Gasteiger partial charge in [0.05, 0.1) is 11.6 Å². The van der Waals surface area contributed by atoms with E-state index >= 15 is 0 Å². The maximum atomic E-state index is 12.9. The minimum Gasteiger partial charge on any atom is -0.598 e. The molecule has 0 amide bonds. The van der Waals surface area contributed by atoms with Gasteiger partial charge in [-0.25, -0.2) is 0 Å². The molecule has 0 radical (unpaired) electrons. The van der Waals surface area contributed by atoms with Crippen LogP contribution in [0, 0.1) is 6.92 Å². The normalized spacial score (nSPS) is 16.1. The fourth-order valence-corrected chi connectivity index (χ4v) is 2.63. The summed E-state index contributed by atoms with van der Waals surface area (Å²) in [4.78, 5) is 0. The van der Waals surface area contributed by atoms with Crippen molar-refractivity contribution in [2.45, 2.75) is 51.6 Å². The molecular formula is C14H20F3NOS. The second-order valence-electron chi connectivity index (χ2n) is 5.74. The predicted octanol–water partition coefficient (Wildman–Crippen LogP) is 4.13. The maximum Gasteiger partial charge on any atom is 0.416 e. The largest absolute Gasteiger partial charge is 0.598 e. The molecular weight excluding hydrogens is 287 g/mol. The van der Waals surface area contributed by atoms with Crippen molar-refractivity contribution in [1.82, 2.24) is 4.72 Å². The molecule has 114 valence electrons. The van der Waals surface area contributed by atoms with Gasteiger partial charge in [0.1, 0.15) is 4.75 Å². The van der Waals surface area contributed by atoms with Crippen molar-refractivity contribution < 1.29 is 17.7 Å².